The van der Waals surface area contributed by atoms with Gasteiger partial charge in [0.1, 0.15) is 5.82 Å². The maximum atomic E-state index is 4.66. The minimum atomic E-state index is 0.792. The third-order valence-corrected chi connectivity index (χ3v) is 3.47. The summed E-state index contributed by atoms with van der Waals surface area (Å²) in [6, 6.07) is 12.4. The Morgan fingerprint density at radius 1 is 1.00 bits per heavy atom. The summed E-state index contributed by atoms with van der Waals surface area (Å²) in [5.74, 6) is 1.74. The van der Waals surface area contributed by atoms with Gasteiger partial charge in [-0.15, -0.1) is 0 Å². The maximum absolute atomic E-state index is 4.66. The van der Waals surface area contributed by atoms with Gasteiger partial charge >= 0.3 is 0 Å². The van der Waals surface area contributed by atoms with Crippen LogP contribution in [0.25, 0.3) is 0 Å². The first-order valence-corrected chi connectivity index (χ1v) is 7.50. The Kier molecular flexibility index (Phi) is 5.55. The number of aromatic nitrogens is 2. The highest BCUT2D eigenvalue weighted by molar-refractivity contribution is 5.43. The molecule has 1 heterocycles. The van der Waals surface area contributed by atoms with Crippen LogP contribution in [0.3, 0.4) is 0 Å². The van der Waals surface area contributed by atoms with Gasteiger partial charge in [0, 0.05) is 33.4 Å². The van der Waals surface area contributed by atoms with Crippen LogP contribution in [0.2, 0.25) is 0 Å². The quantitative estimate of drug-likeness (QED) is 0.780. The molecule has 4 heteroatoms. The lowest BCUT2D eigenvalue weighted by atomic mass is 10.2. The lowest BCUT2D eigenvalue weighted by Crippen LogP contribution is -2.23. The Balaban J connectivity index is 2.06. The number of benzene rings is 1. The largest absolute Gasteiger partial charge is 0.355 e. The average molecular weight is 284 g/mol. The zero-order valence-corrected chi connectivity index (χ0v) is 13.2. The molecule has 0 N–H and O–H groups in total. The standard InChI is InChI=1S/C17H24N4/c1-4-5-13-20(2)17-18-12-11-16(19-17)21(3)14-15-9-7-6-8-10-15/h6-12H,4-5,13-14H2,1-3H3. The van der Waals surface area contributed by atoms with Gasteiger partial charge in [0.15, 0.2) is 0 Å². The fourth-order valence-electron chi connectivity index (χ4n) is 2.17. The van der Waals surface area contributed by atoms with Gasteiger partial charge in [-0.05, 0) is 18.1 Å². The Hall–Kier alpha value is -2.10. The van der Waals surface area contributed by atoms with Crippen molar-refractivity contribution in [1.29, 1.82) is 0 Å². The second kappa shape index (κ2) is 7.62. The summed E-state index contributed by atoms with van der Waals surface area (Å²) < 4.78 is 0. The molecule has 1 aromatic carbocycles. The average Bonchev–Trinajstić information content (AvgIpc) is 2.53. The van der Waals surface area contributed by atoms with Crippen molar-refractivity contribution in [3.63, 3.8) is 0 Å². The molecule has 21 heavy (non-hydrogen) atoms. The molecule has 0 atom stereocenters. The Bertz CT molecular complexity index is 541. The molecule has 2 aromatic rings. The van der Waals surface area contributed by atoms with E-state index in [2.05, 4.69) is 58.0 Å². The molecule has 112 valence electrons. The van der Waals surface area contributed by atoms with Crippen LogP contribution in [0.15, 0.2) is 42.6 Å². The Morgan fingerprint density at radius 3 is 2.48 bits per heavy atom. The molecule has 0 bridgehead atoms. The number of anilines is 2. The smallest absolute Gasteiger partial charge is 0.226 e. The summed E-state index contributed by atoms with van der Waals surface area (Å²) in [6.45, 7) is 4.02. The fourth-order valence-corrected chi connectivity index (χ4v) is 2.17. The predicted molar refractivity (Wildman–Crippen MR) is 88.8 cm³/mol. The van der Waals surface area contributed by atoms with Crippen LogP contribution in [0, 0.1) is 0 Å². The minimum Gasteiger partial charge on any atom is -0.355 e. The summed E-state index contributed by atoms with van der Waals surface area (Å²) in [7, 11) is 4.11. The second-order valence-corrected chi connectivity index (χ2v) is 5.33. The highest BCUT2D eigenvalue weighted by Gasteiger charge is 2.08. The molecule has 0 radical (unpaired) electrons. The molecule has 0 saturated carbocycles. The van der Waals surface area contributed by atoms with Gasteiger partial charge in [-0.1, -0.05) is 43.7 Å². The van der Waals surface area contributed by atoms with E-state index in [-0.39, 0.29) is 0 Å². The van der Waals surface area contributed by atoms with Gasteiger partial charge in [-0.2, -0.15) is 4.98 Å². The van der Waals surface area contributed by atoms with Crippen LogP contribution < -0.4 is 9.80 Å². The third kappa shape index (κ3) is 4.45. The van der Waals surface area contributed by atoms with E-state index in [0.717, 1.165) is 31.3 Å². The van der Waals surface area contributed by atoms with Gasteiger partial charge in [0.25, 0.3) is 0 Å². The summed E-state index contributed by atoms with van der Waals surface area (Å²) in [5, 5.41) is 0. The topological polar surface area (TPSA) is 32.3 Å². The first-order valence-electron chi connectivity index (χ1n) is 7.50. The fraction of sp³-hybridized carbons (Fsp3) is 0.412. The summed E-state index contributed by atoms with van der Waals surface area (Å²) in [5.41, 5.74) is 1.28. The maximum Gasteiger partial charge on any atom is 0.226 e. The molecule has 0 aliphatic rings. The molecule has 0 unspecified atom stereocenters. The number of unbranched alkanes of at least 4 members (excludes halogenated alkanes) is 1. The Morgan fingerprint density at radius 2 is 1.76 bits per heavy atom. The van der Waals surface area contributed by atoms with E-state index in [1.54, 1.807) is 0 Å². The van der Waals surface area contributed by atoms with E-state index in [9.17, 15) is 0 Å². The molecule has 0 amide bonds. The first kappa shape index (κ1) is 15.3. The van der Waals surface area contributed by atoms with E-state index < -0.39 is 0 Å². The zero-order valence-electron chi connectivity index (χ0n) is 13.2. The van der Waals surface area contributed by atoms with Crippen molar-refractivity contribution in [1.82, 2.24) is 9.97 Å². The van der Waals surface area contributed by atoms with E-state index in [1.165, 1.54) is 12.0 Å². The van der Waals surface area contributed by atoms with Crippen LogP contribution in [-0.4, -0.2) is 30.6 Å². The molecule has 1 aromatic heterocycles. The molecule has 0 spiro atoms. The molecule has 0 fully saturated rings. The lowest BCUT2D eigenvalue weighted by molar-refractivity contribution is 0.747. The van der Waals surface area contributed by atoms with E-state index in [0.29, 0.717) is 0 Å². The number of hydrogen-bond acceptors (Lipinski definition) is 4. The van der Waals surface area contributed by atoms with Crippen LogP contribution in [0.1, 0.15) is 25.3 Å². The summed E-state index contributed by atoms with van der Waals surface area (Å²) in [6.07, 6.45) is 4.17. The van der Waals surface area contributed by atoms with Crippen LogP contribution >= 0.6 is 0 Å². The highest BCUT2D eigenvalue weighted by atomic mass is 15.3. The van der Waals surface area contributed by atoms with Crippen LogP contribution in [0.4, 0.5) is 11.8 Å². The second-order valence-electron chi connectivity index (χ2n) is 5.33. The van der Waals surface area contributed by atoms with Crippen molar-refractivity contribution >= 4 is 11.8 Å². The van der Waals surface area contributed by atoms with Gasteiger partial charge in [0.05, 0.1) is 0 Å². The van der Waals surface area contributed by atoms with Crippen LogP contribution in [0.5, 0.6) is 0 Å². The first-order chi connectivity index (χ1) is 10.2. The monoisotopic (exact) mass is 284 g/mol. The Labute approximate surface area is 127 Å². The lowest BCUT2D eigenvalue weighted by Gasteiger charge is -2.21. The molecule has 2 rings (SSSR count). The molecule has 0 aliphatic carbocycles. The molecule has 0 aliphatic heterocycles. The van der Waals surface area contributed by atoms with Crippen molar-refractivity contribution < 1.29 is 0 Å². The van der Waals surface area contributed by atoms with Crippen molar-refractivity contribution in [2.24, 2.45) is 0 Å². The predicted octanol–water partition coefficient (Wildman–Crippen LogP) is 3.35. The number of hydrogen-bond donors (Lipinski definition) is 0. The zero-order chi connectivity index (χ0) is 15.1. The number of nitrogens with zero attached hydrogens (tertiary/aromatic N) is 4. The SMILES string of the molecule is CCCCN(C)c1nccc(N(C)Cc2ccccc2)n1. The number of rotatable bonds is 7. The molecule has 4 nitrogen and oxygen atoms in total. The van der Waals surface area contributed by atoms with Gasteiger partial charge in [-0.25, -0.2) is 4.98 Å². The van der Waals surface area contributed by atoms with Gasteiger partial charge in [0.2, 0.25) is 5.95 Å². The van der Waals surface area contributed by atoms with Crippen LogP contribution in [-0.2, 0) is 6.54 Å². The van der Waals surface area contributed by atoms with E-state index in [4.69, 9.17) is 0 Å². The minimum absolute atomic E-state index is 0.792. The molecule has 0 saturated heterocycles. The third-order valence-electron chi connectivity index (χ3n) is 3.47. The van der Waals surface area contributed by atoms with E-state index in [1.807, 2.05) is 25.4 Å². The summed E-state index contributed by atoms with van der Waals surface area (Å²) in [4.78, 5) is 13.3. The molecular formula is C17H24N4. The van der Waals surface area contributed by atoms with Gasteiger partial charge in [-0.3, -0.25) is 0 Å². The van der Waals surface area contributed by atoms with E-state index >= 15 is 0 Å². The highest BCUT2D eigenvalue weighted by Crippen LogP contribution is 2.15. The van der Waals surface area contributed by atoms with Crippen molar-refractivity contribution in [3.8, 4) is 0 Å². The van der Waals surface area contributed by atoms with Crippen molar-refractivity contribution in [2.75, 3.05) is 30.4 Å². The molecular weight excluding hydrogens is 260 g/mol. The summed E-state index contributed by atoms with van der Waals surface area (Å²) >= 11 is 0. The van der Waals surface area contributed by atoms with Crippen molar-refractivity contribution in [3.05, 3.63) is 48.2 Å². The normalized spacial score (nSPS) is 10.4. The van der Waals surface area contributed by atoms with Gasteiger partial charge < -0.3 is 9.80 Å². The van der Waals surface area contributed by atoms with Crippen molar-refractivity contribution in [2.45, 2.75) is 26.3 Å².